The molecule has 21 nitrogen and oxygen atoms in total. The van der Waals surface area contributed by atoms with Crippen molar-refractivity contribution >= 4 is 29.8 Å². The van der Waals surface area contributed by atoms with E-state index in [1.807, 2.05) is 135 Å². The van der Waals surface area contributed by atoms with Gasteiger partial charge in [-0.25, -0.2) is 14.4 Å². The zero-order chi connectivity index (χ0) is 55.1. The molecule has 4 N–H and O–H groups in total. The van der Waals surface area contributed by atoms with E-state index in [2.05, 4.69) is 0 Å². The lowest BCUT2D eigenvalue weighted by Crippen LogP contribution is -2.34. The van der Waals surface area contributed by atoms with Crippen LogP contribution < -0.4 is 0 Å². The van der Waals surface area contributed by atoms with Gasteiger partial charge in [0.05, 0.1) is 26.1 Å². The number of benzene rings is 4. The number of carbonyl (C=O) groups excluding carboxylic acids is 4. The molecule has 0 aromatic heterocycles. The molecule has 410 valence electrons. The first-order valence-electron chi connectivity index (χ1n) is 24.5. The quantitative estimate of drug-likeness (QED) is 0.0548. The first-order chi connectivity index (χ1) is 36.9. The summed E-state index contributed by atoms with van der Waals surface area (Å²) in [5.41, 5.74) is 3.56. The van der Waals surface area contributed by atoms with Crippen molar-refractivity contribution in [3.05, 3.63) is 178 Å². The third-order valence-electron chi connectivity index (χ3n) is 11.7. The van der Waals surface area contributed by atoms with Crippen molar-refractivity contribution in [1.29, 1.82) is 0 Å². The molecule has 0 radical (unpaired) electrons. The smallest absolute Gasteiger partial charge is 0.378 e. The molecule has 4 aromatic carbocycles. The third-order valence-corrected chi connectivity index (χ3v) is 11.7. The van der Waals surface area contributed by atoms with E-state index in [1.54, 1.807) is 13.8 Å². The Kier molecular flexibility index (Phi) is 19.3. The van der Waals surface area contributed by atoms with E-state index in [0.29, 0.717) is 19.0 Å². The van der Waals surface area contributed by atoms with Gasteiger partial charge in [0, 0.05) is 0 Å². The summed E-state index contributed by atoms with van der Waals surface area (Å²) in [5, 5.41) is 37.7. The Morgan fingerprint density at radius 1 is 0.558 bits per heavy atom. The van der Waals surface area contributed by atoms with Crippen LogP contribution in [0.15, 0.2) is 156 Å². The van der Waals surface area contributed by atoms with Crippen molar-refractivity contribution in [3.8, 4) is 0 Å². The Morgan fingerprint density at radius 3 is 1.38 bits per heavy atom. The number of hydrogen-bond donors (Lipinski definition) is 4. The van der Waals surface area contributed by atoms with Crippen molar-refractivity contribution in [2.45, 2.75) is 115 Å². The number of hydrogen-bond acceptors (Lipinski definition) is 20. The van der Waals surface area contributed by atoms with Crippen molar-refractivity contribution < 1.29 is 101 Å². The predicted octanol–water partition coefficient (Wildman–Crippen LogP) is 6.43. The predicted molar refractivity (Wildman–Crippen MR) is 265 cm³/mol. The minimum Gasteiger partial charge on any atom is -0.505 e. The first-order valence-corrected chi connectivity index (χ1v) is 24.5. The number of aliphatic carboxylic acids is 1. The van der Waals surface area contributed by atoms with Crippen LogP contribution in [0.4, 0.5) is 0 Å². The average Bonchev–Trinajstić information content (AvgIpc) is 4.22. The van der Waals surface area contributed by atoms with E-state index in [1.165, 1.54) is 0 Å². The van der Waals surface area contributed by atoms with Crippen LogP contribution in [0.2, 0.25) is 0 Å². The molecule has 5 aliphatic heterocycles. The zero-order valence-corrected chi connectivity index (χ0v) is 42.6. The second-order valence-corrected chi connectivity index (χ2v) is 18.6. The molecule has 77 heavy (non-hydrogen) atoms. The number of carboxylic acid groups (broad SMARTS) is 1. The van der Waals surface area contributed by atoms with E-state index in [9.17, 15) is 34.2 Å². The van der Waals surface area contributed by atoms with Crippen LogP contribution in [-0.4, -0.2) is 118 Å². The van der Waals surface area contributed by atoms with Crippen LogP contribution in [0.25, 0.3) is 0 Å². The van der Waals surface area contributed by atoms with Crippen LogP contribution in [0, 0.1) is 0 Å². The highest BCUT2D eigenvalue weighted by Crippen LogP contribution is 2.36. The van der Waals surface area contributed by atoms with Gasteiger partial charge >= 0.3 is 29.8 Å². The Morgan fingerprint density at radius 2 is 0.961 bits per heavy atom. The molecule has 5 heterocycles. The molecule has 6 atom stereocenters. The van der Waals surface area contributed by atoms with Gasteiger partial charge in [0.2, 0.25) is 17.3 Å². The Hall–Kier alpha value is -7.95. The number of aliphatic hydroxyl groups excluding tert-OH is 3. The summed E-state index contributed by atoms with van der Waals surface area (Å²) in [6.07, 6.45) is -6.16. The van der Waals surface area contributed by atoms with Crippen molar-refractivity contribution in [2.75, 3.05) is 19.8 Å². The number of rotatable bonds is 20. The average molecular weight is 1070 g/mol. The van der Waals surface area contributed by atoms with Gasteiger partial charge in [-0.15, -0.1) is 0 Å². The van der Waals surface area contributed by atoms with Gasteiger partial charge in [0.15, 0.2) is 47.2 Å². The number of carbonyl (C=O) groups is 5. The van der Waals surface area contributed by atoms with Gasteiger partial charge in [0.1, 0.15) is 51.3 Å². The minimum absolute atomic E-state index is 0.00568. The largest absolute Gasteiger partial charge is 0.505 e. The second kappa shape index (κ2) is 26.2. The molecule has 0 saturated carbocycles. The molecule has 0 bridgehead atoms. The Bertz CT molecular complexity index is 2760. The summed E-state index contributed by atoms with van der Waals surface area (Å²) in [5.74, 6) is -6.74. The van der Waals surface area contributed by atoms with Crippen LogP contribution >= 0.6 is 0 Å². The molecule has 21 heteroatoms. The molecule has 0 spiro atoms. The first kappa shape index (κ1) is 56.8. The highest BCUT2D eigenvalue weighted by Gasteiger charge is 2.49. The van der Waals surface area contributed by atoms with Gasteiger partial charge in [-0.3, -0.25) is 9.59 Å². The number of cyclic esters (lactones) is 3. The third kappa shape index (κ3) is 16.0. The summed E-state index contributed by atoms with van der Waals surface area (Å²) in [7, 11) is 0. The summed E-state index contributed by atoms with van der Waals surface area (Å²) in [6.45, 7) is 7.76. The highest BCUT2D eigenvalue weighted by molar-refractivity contribution is 5.90. The lowest BCUT2D eigenvalue weighted by molar-refractivity contribution is -0.164. The molecule has 2 fully saturated rings. The molecular formula is C56H60O21. The molecule has 2 saturated heterocycles. The molecule has 5 aliphatic rings. The SMILES string of the molecule is CC1(C)OCC(C2OC(=O)C(O)=C2O)O1.CC1(C)OCC(C2OC(=O)C(OCc3ccccc3)=C2OCc2ccccc2)O1.O=C(O)CCC(=O)OCC(O)C1OC(=O)C(OCc2ccccc2)=C1OCc1ccccc1. The number of esters is 4. The number of carboxylic acids is 1. The lowest BCUT2D eigenvalue weighted by Gasteiger charge is -2.22. The standard InChI is InChI=1S/C24H24O9.C23H24O6.C9H12O6/c25-18(15-30-20(28)12-11-19(26)27)21-22(31-13-16-7-3-1-4-8-16)23(24(29)33-21)32-14-17-9-5-2-6-10-17;1-23(2)27-15-18(29-23)19-20(25-13-16-9-5-3-6-10-16)21(22(24)28-19)26-14-17-11-7-4-8-12-17;1-9(2)13-3-4(15-9)7-5(10)6(11)8(12)14-7/h1-10,18,21,25H,11-15H2,(H,26,27);3-12,18-19H,13-15H2,1-2H3;4,7,10-11H,3H2,1-2H3. The van der Waals surface area contributed by atoms with Gasteiger partial charge in [-0.1, -0.05) is 121 Å². The van der Waals surface area contributed by atoms with Crippen molar-refractivity contribution in [2.24, 2.45) is 0 Å². The summed E-state index contributed by atoms with van der Waals surface area (Å²) in [4.78, 5) is 58.2. The van der Waals surface area contributed by atoms with E-state index in [-0.39, 0.29) is 50.1 Å². The van der Waals surface area contributed by atoms with Crippen molar-refractivity contribution in [1.82, 2.24) is 0 Å². The van der Waals surface area contributed by atoms with E-state index in [0.717, 1.165) is 22.3 Å². The zero-order valence-electron chi connectivity index (χ0n) is 42.6. The minimum atomic E-state index is -1.44. The summed E-state index contributed by atoms with van der Waals surface area (Å²) < 4.78 is 66.0. The van der Waals surface area contributed by atoms with Gasteiger partial charge in [-0.05, 0) is 49.9 Å². The number of aliphatic hydroxyl groups is 3. The van der Waals surface area contributed by atoms with Crippen molar-refractivity contribution in [3.63, 3.8) is 0 Å². The molecular weight excluding hydrogens is 1010 g/mol. The second-order valence-electron chi connectivity index (χ2n) is 18.6. The van der Waals surface area contributed by atoms with Gasteiger partial charge < -0.3 is 77.3 Å². The maximum Gasteiger partial charge on any atom is 0.378 e. The van der Waals surface area contributed by atoms with Crippen LogP contribution in [-0.2, 0) is 107 Å². The van der Waals surface area contributed by atoms with Crippen LogP contribution in [0.1, 0.15) is 62.8 Å². The molecule has 0 aliphatic carbocycles. The van der Waals surface area contributed by atoms with E-state index in [4.69, 9.17) is 67.1 Å². The summed E-state index contributed by atoms with van der Waals surface area (Å²) >= 11 is 0. The van der Waals surface area contributed by atoms with E-state index >= 15 is 0 Å². The monoisotopic (exact) mass is 1070 g/mol. The van der Waals surface area contributed by atoms with Gasteiger partial charge in [-0.2, -0.15) is 0 Å². The fraction of sp³-hybridized carbons (Fsp3) is 0.375. The molecule has 9 rings (SSSR count). The normalized spacial score (nSPS) is 22.4. The fourth-order valence-corrected chi connectivity index (χ4v) is 7.88. The fourth-order valence-electron chi connectivity index (χ4n) is 7.88. The maximum atomic E-state index is 12.6. The molecule has 0 amide bonds. The molecule has 4 aromatic rings. The Labute approximate surface area is 443 Å². The van der Waals surface area contributed by atoms with E-state index < -0.39 is 103 Å². The maximum absolute atomic E-state index is 12.6. The highest BCUT2D eigenvalue weighted by atomic mass is 16.8. The summed E-state index contributed by atoms with van der Waals surface area (Å²) in [6, 6.07) is 37.7. The van der Waals surface area contributed by atoms with Crippen LogP contribution in [0.3, 0.4) is 0 Å². The van der Waals surface area contributed by atoms with Crippen LogP contribution in [0.5, 0.6) is 0 Å². The topological polar surface area (TPSA) is 277 Å². The van der Waals surface area contributed by atoms with Gasteiger partial charge in [0.25, 0.3) is 0 Å². The number of ether oxygens (including phenoxy) is 12. The lowest BCUT2D eigenvalue weighted by atomic mass is 10.1. The Balaban J connectivity index is 0.000000178. The molecule has 6 unspecified atom stereocenters.